The number of aromatic carboxylic acids is 1. The molecule has 0 amide bonds. The number of hydrogen-bond donors (Lipinski definition) is 2. The number of pyridine rings is 1. The summed E-state index contributed by atoms with van der Waals surface area (Å²) in [6.07, 6.45) is 2.40. The molecule has 0 spiro atoms. The summed E-state index contributed by atoms with van der Waals surface area (Å²) >= 11 is 0. The van der Waals surface area contributed by atoms with Gasteiger partial charge < -0.3 is 10.4 Å². The summed E-state index contributed by atoms with van der Waals surface area (Å²) in [5, 5.41) is 11.5. The molecule has 2 aromatic rings. The molecule has 0 radical (unpaired) electrons. The van der Waals surface area contributed by atoms with Crippen LogP contribution in [-0.2, 0) is 0 Å². The van der Waals surface area contributed by atoms with Crippen molar-refractivity contribution in [1.29, 1.82) is 0 Å². The molecule has 0 unspecified atom stereocenters. The molecule has 0 saturated carbocycles. The molecule has 2 heterocycles. The van der Waals surface area contributed by atoms with Crippen LogP contribution in [0.4, 0.5) is 15.9 Å². The topological polar surface area (TPSA) is 88.0 Å². The van der Waals surface area contributed by atoms with Crippen LogP contribution in [0.2, 0.25) is 0 Å². The Bertz CT molecular complexity index is 544. The molecule has 2 aromatic heterocycles. The van der Waals surface area contributed by atoms with Gasteiger partial charge in [0.25, 0.3) is 0 Å². The smallest absolute Gasteiger partial charge is 0.354 e. The number of aromatic nitrogens is 3. The number of carboxylic acids is 1. The molecule has 0 aromatic carbocycles. The highest BCUT2D eigenvalue weighted by Crippen LogP contribution is 2.13. The van der Waals surface area contributed by atoms with Gasteiger partial charge in [0.15, 0.2) is 5.69 Å². The lowest BCUT2D eigenvalue weighted by Crippen LogP contribution is -2.03. The van der Waals surface area contributed by atoms with Crippen LogP contribution in [-0.4, -0.2) is 26.0 Å². The largest absolute Gasteiger partial charge is 0.477 e. The lowest BCUT2D eigenvalue weighted by molar-refractivity contribution is 0.0690. The normalized spacial score (nSPS) is 9.94. The van der Waals surface area contributed by atoms with Gasteiger partial charge in [-0.1, -0.05) is 0 Å². The fourth-order valence-electron chi connectivity index (χ4n) is 1.14. The van der Waals surface area contributed by atoms with Crippen molar-refractivity contribution in [3.8, 4) is 0 Å². The Morgan fingerprint density at radius 1 is 1.29 bits per heavy atom. The van der Waals surface area contributed by atoms with Crippen molar-refractivity contribution in [2.24, 2.45) is 0 Å². The average molecular weight is 234 g/mol. The number of nitrogens with zero attached hydrogens (tertiary/aromatic N) is 3. The Kier molecular flexibility index (Phi) is 2.91. The number of rotatable bonds is 3. The number of halogens is 1. The van der Waals surface area contributed by atoms with Gasteiger partial charge in [0.1, 0.15) is 12.1 Å². The lowest BCUT2D eigenvalue weighted by Gasteiger charge is -2.04. The van der Waals surface area contributed by atoms with Gasteiger partial charge in [0.05, 0.1) is 11.9 Å². The van der Waals surface area contributed by atoms with E-state index in [1.807, 2.05) is 0 Å². The first kappa shape index (κ1) is 10.9. The molecule has 2 rings (SSSR count). The molecule has 0 bridgehead atoms. The molecular weight excluding hydrogens is 227 g/mol. The molecule has 86 valence electrons. The zero-order valence-corrected chi connectivity index (χ0v) is 8.46. The quantitative estimate of drug-likeness (QED) is 0.781. The van der Waals surface area contributed by atoms with Crippen molar-refractivity contribution in [3.05, 3.63) is 42.4 Å². The number of carboxylic acid groups (broad SMARTS) is 1. The second-order valence-electron chi connectivity index (χ2n) is 3.09. The lowest BCUT2D eigenvalue weighted by atomic mass is 10.3. The fourth-order valence-corrected chi connectivity index (χ4v) is 1.14. The van der Waals surface area contributed by atoms with E-state index in [0.717, 1.165) is 6.33 Å². The summed E-state index contributed by atoms with van der Waals surface area (Å²) in [5.74, 6) is -1.44. The number of carbonyl (C=O) groups is 1. The zero-order chi connectivity index (χ0) is 12.3. The molecule has 0 aliphatic rings. The number of nitrogens with one attached hydrogen (secondary N) is 1. The van der Waals surface area contributed by atoms with Crippen molar-refractivity contribution < 1.29 is 14.3 Å². The molecule has 6 nitrogen and oxygen atoms in total. The van der Waals surface area contributed by atoms with Crippen LogP contribution in [0.1, 0.15) is 10.5 Å². The van der Waals surface area contributed by atoms with Gasteiger partial charge in [0, 0.05) is 6.07 Å². The Labute approximate surface area is 95.2 Å². The van der Waals surface area contributed by atoms with Gasteiger partial charge >= 0.3 is 5.97 Å². The van der Waals surface area contributed by atoms with Crippen LogP contribution in [0, 0.1) is 5.95 Å². The summed E-state index contributed by atoms with van der Waals surface area (Å²) in [6.45, 7) is 0. The van der Waals surface area contributed by atoms with E-state index in [2.05, 4.69) is 20.3 Å². The van der Waals surface area contributed by atoms with Crippen LogP contribution in [0.3, 0.4) is 0 Å². The van der Waals surface area contributed by atoms with E-state index in [-0.39, 0.29) is 5.69 Å². The average Bonchev–Trinajstić information content (AvgIpc) is 2.32. The summed E-state index contributed by atoms with van der Waals surface area (Å²) in [6, 6.07) is 3.91. The first-order valence-corrected chi connectivity index (χ1v) is 4.59. The van der Waals surface area contributed by atoms with Crippen molar-refractivity contribution in [2.75, 3.05) is 5.32 Å². The summed E-state index contributed by atoms with van der Waals surface area (Å²) in [5.41, 5.74) is 0.374. The maximum absolute atomic E-state index is 12.6. The van der Waals surface area contributed by atoms with Crippen molar-refractivity contribution in [2.45, 2.75) is 0 Å². The van der Waals surface area contributed by atoms with Gasteiger partial charge in [0.2, 0.25) is 5.95 Å². The van der Waals surface area contributed by atoms with Gasteiger partial charge in [-0.05, 0) is 12.1 Å². The Hall–Kier alpha value is -2.57. The third-order valence-corrected chi connectivity index (χ3v) is 1.89. The van der Waals surface area contributed by atoms with Crippen LogP contribution in [0.5, 0.6) is 0 Å². The van der Waals surface area contributed by atoms with E-state index < -0.39 is 11.9 Å². The zero-order valence-electron chi connectivity index (χ0n) is 8.46. The van der Waals surface area contributed by atoms with Gasteiger partial charge in [-0.3, -0.25) is 0 Å². The third kappa shape index (κ3) is 2.71. The molecule has 0 atom stereocenters. The molecule has 0 aliphatic heterocycles. The van der Waals surface area contributed by atoms with Crippen molar-refractivity contribution in [3.63, 3.8) is 0 Å². The summed E-state index contributed by atoms with van der Waals surface area (Å²) in [4.78, 5) is 21.5. The van der Waals surface area contributed by atoms with Crippen LogP contribution in [0.25, 0.3) is 0 Å². The fraction of sp³-hybridized carbons (Fsp3) is 0. The van der Waals surface area contributed by atoms with Crippen LogP contribution >= 0.6 is 0 Å². The first-order valence-electron chi connectivity index (χ1n) is 4.59. The maximum atomic E-state index is 12.6. The standard InChI is InChI=1S/C10H7FN4O2/c11-8-2-1-6(4-12-8)15-9-3-7(10(16)17)13-5-14-9/h1-5H,(H,16,17)(H,13,14,15). The second-order valence-corrected chi connectivity index (χ2v) is 3.09. The van der Waals surface area contributed by atoms with Gasteiger partial charge in [-0.15, -0.1) is 0 Å². The third-order valence-electron chi connectivity index (χ3n) is 1.89. The van der Waals surface area contributed by atoms with Crippen LogP contribution in [0.15, 0.2) is 30.7 Å². The summed E-state index contributed by atoms with van der Waals surface area (Å²) in [7, 11) is 0. The molecular formula is C10H7FN4O2. The van der Waals surface area contributed by atoms with Gasteiger partial charge in [-0.25, -0.2) is 19.7 Å². The SMILES string of the molecule is O=C(O)c1cc(Nc2ccc(F)nc2)ncn1. The van der Waals surface area contributed by atoms with E-state index in [9.17, 15) is 9.18 Å². The molecule has 7 heteroatoms. The Morgan fingerprint density at radius 2 is 2.12 bits per heavy atom. The van der Waals surface area contributed by atoms with E-state index >= 15 is 0 Å². The number of anilines is 2. The molecule has 17 heavy (non-hydrogen) atoms. The van der Waals surface area contributed by atoms with E-state index in [0.29, 0.717) is 11.5 Å². The highest BCUT2D eigenvalue weighted by Gasteiger charge is 2.06. The Morgan fingerprint density at radius 3 is 2.76 bits per heavy atom. The molecule has 0 aliphatic carbocycles. The van der Waals surface area contributed by atoms with Crippen molar-refractivity contribution >= 4 is 17.5 Å². The van der Waals surface area contributed by atoms with E-state index in [4.69, 9.17) is 5.11 Å². The Balaban J connectivity index is 2.21. The van der Waals surface area contributed by atoms with Crippen molar-refractivity contribution in [1.82, 2.24) is 15.0 Å². The predicted octanol–water partition coefficient (Wildman–Crippen LogP) is 1.45. The molecule has 2 N–H and O–H groups in total. The minimum Gasteiger partial charge on any atom is -0.477 e. The second kappa shape index (κ2) is 4.52. The first-order chi connectivity index (χ1) is 8.15. The maximum Gasteiger partial charge on any atom is 0.354 e. The van der Waals surface area contributed by atoms with E-state index in [1.54, 1.807) is 0 Å². The van der Waals surface area contributed by atoms with E-state index in [1.165, 1.54) is 24.4 Å². The minimum absolute atomic E-state index is 0.127. The highest BCUT2D eigenvalue weighted by atomic mass is 19.1. The van der Waals surface area contributed by atoms with Crippen LogP contribution < -0.4 is 5.32 Å². The molecule has 0 fully saturated rings. The minimum atomic E-state index is -1.15. The van der Waals surface area contributed by atoms with Gasteiger partial charge in [-0.2, -0.15) is 4.39 Å². The predicted molar refractivity (Wildman–Crippen MR) is 56.5 cm³/mol. The summed E-state index contributed by atoms with van der Waals surface area (Å²) < 4.78 is 12.6. The molecule has 0 saturated heterocycles. The monoisotopic (exact) mass is 234 g/mol. The highest BCUT2D eigenvalue weighted by molar-refractivity contribution is 5.86. The number of hydrogen-bond acceptors (Lipinski definition) is 5.